The average molecular weight is 300 g/mol. The highest BCUT2D eigenvalue weighted by atomic mass is 79.9. The Bertz CT molecular complexity index is 426. The number of rotatable bonds is 1. The summed E-state index contributed by atoms with van der Waals surface area (Å²) < 4.78 is 14.1. The van der Waals surface area contributed by atoms with Crippen molar-refractivity contribution in [2.24, 2.45) is 0 Å². The summed E-state index contributed by atoms with van der Waals surface area (Å²) in [4.78, 5) is 10.8. The van der Waals surface area contributed by atoms with Crippen molar-refractivity contribution in [3.05, 3.63) is 17.8 Å². The minimum atomic E-state index is -0.252. The molecule has 3 heterocycles. The second-order valence-corrected chi connectivity index (χ2v) is 6.25. The number of hydrogen-bond donors (Lipinski definition) is 0. The van der Waals surface area contributed by atoms with Gasteiger partial charge in [-0.25, -0.2) is 14.4 Å². The van der Waals surface area contributed by atoms with Crippen LogP contribution in [0.4, 0.5) is 10.2 Å². The minimum absolute atomic E-state index is 0.252. The van der Waals surface area contributed by atoms with Gasteiger partial charge in [-0.1, -0.05) is 15.9 Å². The molecule has 1 aromatic rings. The summed E-state index contributed by atoms with van der Waals surface area (Å²) >= 11 is 3.69. The Morgan fingerprint density at radius 3 is 2.59 bits per heavy atom. The third-order valence-electron chi connectivity index (χ3n) is 3.87. The maximum absolute atomic E-state index is 14.1. The Balaban J connectivity index is 1.97. The quantitative estimate of drug-likeness (QED) is 0.747. The molecule has 92 valence electrons. The Morgan fingerprint density at radius 2 is 1.94 bits per heavy atom. The van der Waals surface area contributed by atoms with Gasteiger partial charge in [-0.15, -0.1) is 0 Å². The van der Waals surface area contributed by atoms with E-state index >= 15 is 0 Å². The van der Waals surface area contributed by atoms with Gasteiger partial charge >= 0.3 is 0 Å². The van der Waals surface area contributed by atoms with Gasteiger partial charge in [0.1, 0.15) is 6.33 Å². The lowest BCUT2D eigenvalue weighted by atomic mass is 10.0. The highest BCUT2D eigenvalue weighted by Gasteiger charge is 2.41. The molecule has 2 unspecified atom stereocenters. The topological polar surface area (TPSA) is 29.0 Å². The van der Waals surface area contributed by atoms with E-state index in [-0.39, 0.29) is 5.82 Å². The molecule has 2 fully saturated rings. The fourth-order valence-electron chi connectivity index (χ4n) is 3.08. The van der Waals surface area contributed by atoms with E-state index in [4.69, 9.17) is 0 Å². The van der Waals surface area contributed by atoms with Crippen LogP contribution in [0.25, 0.3) is 0 Å². The molecule has 5 heteroatoms. The zero-order valence-electron chi connectivity index (χ0n) is 9.74. The van der Waals surface area contributed by atoms with Crippen molar-refractivity contribution in [2.75, 3.05) is 4.90 Å². The van der Waals surface area contributed by atoms with Gasteiger partial charge in [0.25, 0.3) is 0 Å². The van der Waals surface area contributed by atoms with Crippen LogP contribution >= 0.6 is 15.9 Å². The lowest BCUT2D eigenvalue weighted by molar-refractivity contribution is 0.466. The molecule has 0 spiro atoms. The van der Waals surface area contributed by atoms with Crippen LogP contribution in [0.1, 0.15) is 31.4 Å². The van der Waals surface area contributed by atoms with E-state index in [1.165, 1.54) is 6.33 Å². The predicted molar refractivity (Wildman–Crippen MR) is 68.0 cm³/mol. The van der Waals surface area contributed by atoms with Crippen molar-refractivity contribution in [1.82, 2.24) is 9.97 Å². The second kappa shape index (κ2) is 4.19. The Morgan fingerprint density at radius 1 is 1.29 bits per heavy atom. The smallest absolute Gasteiger partial charge is 0.186 e. The maximum atomic E-state index is 14.1. The minimum Gasteiger partial charge on any atom is -0.348 e. The summed E-state index contributed by atoms with van der Waals surface area (Å²) in [5.41, 5.74) is 0.440. The van der Waals surface area contributed by atoms with Gasteiger partial charge < -0.3 is 4.90 Å². The number of anilines is 1. The molecular formula is C12H15BrFN3. The summed E-state index contributed by atoms with van der Waals surface area (Å²) in [6.45, 7) is 1.69. The SMILES string of the molecule is Cc1ncnc(N2C3CCC2CC(Br)C3)c1F. The van der Waals surface area contributed by atoms with Crippen molar-refractivity contribution >= 4 is 21.7 Å². The van der Waals surface area contributed by atoms with E-state index in [0.29, 0.717) is 28.4 Å². The normalized spacial score (nSPS) is 31.9. The molecule has 2 aliphatic rings. The molecule has 3 rings (SSSR count). The monoisotopic (exact) mass is 299 g/mol. The first-order valence-corrected chi connectivity index (χ1v) is 6.98. The largest absolute Gasteiger partial charge is 0.348 e. The molecule has 3 nitrogen and oxygen atoms in total. The van der Waals surface area contributed by atoms with Crippen LogP contribution in [0.2, 0.25) is 0 Å². The molecule has 2 bridgehead atoms. The number of piperidine rings is 1. The van der Waals surface area contributed by atoms with Crippen LogP contribution in [-0.2, 0) is 0 Å². The number of alkyl halides is 1. The zero-order valence-corrected chi connectivity index (χ0v) is 11.3. The molecule has 17 heavy (non-hydrogen) atoms. The molecule has 0 N–H and O–H groups in total. The molecule has 2 atom stereocenters. The number of halogens is 2. The maximum Gasteiger partial charge on any atom is 0.186 e. The summed E-state index contributed by atoms with van der Waals surface area (Å²) in [6, 6.07) is 0.865. The van der Waals surface area contributed by atoms with Crippen LogP contribution in [0, 0.1) is 12.7 Å². The van der Waals surface area contributed by atoms with E-state index in [1.54, 1.807) is 6.92 Å². The molecule has 0 saturated carbocycles. The fourth-order valence-corrected chi connectivity index (χ4v) is 3.94. The van der Waals surface area contributed by atoms with Crippen molar-refractivity contribution in [3.8, 4) is 0 Å². The van der Waals surface area contributed by atoms with Crippen molar-refractivity contribution in [1.29, 1.82) is 0 Å². The molecule has 0 aromatic carbocycles. The van der Waals surface area contributed by atoms with Crippen molar-refractivity contribution in [3.63, 3.8) is 0 Å². The van der Waals surface area contributed by atoms with E-state index in [2.05, 4.69) is 30.8 Å². The van der Waals surface area contributed by atoms with Gasteiger partial charge in [-0.3, -0.25) is 0 Å². The van der Waals surface area contributed by atoms with Gasteiger partial charge in [0.15, 0.2) is 11.6 Å². The molecule has 0 aliphatic carbocycles. The van der Waals surface area contributed by atoms with Crippen LogP contribution in [-0.4, -0.2) is 26.9 Å². The second-order valence-electron chi connectivity index (χ2n) is 4.96. The van der Waals surface area contributed by atoms with Gasteiger partial charge in [-0.2, -0.15) is 0 Å². The van der Waals surface area contributed by atoms with E-state index in [9.17, 15) is 4.39 Å². The first kappa shape index (κ1) is 11.4. The molecular weight excluding hydrogens is 285 g/mol. The van der Waals surface area contributed by atoms with Gasteiger partial charge in [0.2, 0.25) is 0 Å². The molecule has 2 aliphatic heterocycles. The zero-order chi connectivity index (χ0) is 12.0. The van der Waals surface area contributed by atoms with Gasteiger partial charge in [0, 0.05) is 16.9 Å². The predicted octanol–water partition coefficient (Wildman–Crippen LogP) is 2.82. The van der Waals surface area contributed by atoms with Gasteiger partial charge in [0.05, 0.1) is 5.69 Å². The van der Waals surface area contributed by atoms with E-state index in [0.717, 1.165) is 25.7 Å². The Kier molecular flexibility index (Phi) is 2.81. The van der Waals surface area contributed by atoms with Crippen LogP contribution < -0.4 is 4.90 Å². The van der Waals surface area contributed by atoms with Crippen LogP contribution in [0.3, 0.4) is 0 Å². The van der Waals surface area contributed by atoms with Crippen LogP contribution in [0.5, 0.6) is 0 Å². The number of aryl methyl sites for hydroxylation is 1. The number of nitrogens with zero attached hydrogens (tertiary/aromatic N) is 3. The third-order valence-corrected chi connectivity index (χ3v) is 4.61. The molecule has 0 amide bonds. The van der Waals surface area contributed by atoms with Crippen LogP contribution in [0.15, 0.2) is 6.33 Å². The number of aromatic nitrogens is 2. The highest BCUT2D eigenvalue weighted by molar-refractivity contribution is 9.09. The van der Waals surface area contributed by atoms with Crippen molar-refractivity contribution < 1.29 is 4.39 Å². The van der Waals surface area contributed by atoms with Crippen molar-refractivity contribution in [2.45, 2.75) is 49.5 Å². The van der Waals surface area contributed by atoms with E-state index < -0.39 is 0 Å². The van der Waals surface area contributed by atoms with Gasteiger partial charge in [-0.05, 0) is 32.6 Å². The molecule has 0 radical (unpaired) electrons. The summed E-state index contributed by atoms with van der Waals surface area (Å²) in [5.74, 6) is 0.252. The fraction of sp³-hybridized carbons (Fsp3) is 0.667. The Hall–Kier alpha value is -0.710. The summed E-state index contributed by atoms with van der Waals surface area (Å²) in [6.07, 6.45) is 5.93. The number of fused-ring (bicyclic) bond motifs is 2. The number of hydrogen-bond acceptors (Lipinski definition) is 3. The lowest BCUT2D eigenvalue weighted by Crippen LogP contribution is -2.44. The highest BCUT2D eigenvalue weighted by Crippen LogP contribution is 2.41. The summed E-state index contributed by atoms with van der Waals surface area (Å²) in [5, 5.41) is 0. The first-order valence-electron chi connectivity index (χ1n) is 6.06. The third kappa shape index (κ3) is 1.84. The standard InChI is InChI=1S/C12H15BrFN3/c1-7-11(14)12(16-6-15-7)17-9-2-3-10(17)5-8(13)4-9/h6,8-10H,2-5H2,1H3. The average Bonchev–Trinajstić information content (AvgIpc) is 2.55. The first-order chi connectivity index (χ1) is 8.16. The summed E-state index contributed by atoms with van der Waals surface area (Å²) in [7, 11) is 0. The lowest BCUT2D eigenvalue weighted by Gasteiger charge is -2.38. The molecule has 1 aromatic heterocycles. The Labute approximate surface area is 109 Å². The molecule has 2 saturated heterocycles. The van der Waals surface area contributed by atoms with E-state index in [1.807, 2.05) is 0 Å².